The zero-order valence-corrected chi connectivity index (χ0v) is 10.8. The van der Waals surface area contributed by atoms with Crippen molar-refractivity contribution in [1.82, 2.24) is 9.80 Å². The van der Waals surface area contributed by atoms with E-state index < -0.39 is 5.97 Å². The van der Waals surface area contributed by atoms with Crippen LogP contribution in [0.1, 0.15) is 26.7 Å². The maximum atomic E-state index is 11.3. The van der Waals surface area contributed by atoms with Crippen molar-refractivity contribution in [1.29, 1.82) is 0 Å². The van der Waals surface area contributed by atoms with Gasteiger partial charge in [0.15, 0.2) is 0 Å². The molecule has 0 aromatic carbocycles. The van der Waals surface area contributed by atoms with Gasteiger partial charge in [-0.2, -0.15) is 0 Å². The molecular formula is C12H22N2O3. The van der Waals surface area contributed by atoms with Gasteiger partial charge in [0.05, 0.1) is 5.92 Å². The first-order valence-electron chi connectivity index (χ1n) is 6.10. The van der Waals surface area contributed by atoms with Crippen LogP contribution in [0.2, 0.25) is 0 Å². The number of aliphatic carboxylic acids is 1. The highest BCUT2D eigenvalue weighted by Gasteiger charge is 2.26. The lowest BCUT2D eigenvalue weighted by Crippen LogP contribution is -2.49. The normalized spacial score (nSPS) is 23.1. The highest BCUT2D eigenvalue weighted by molar-refractivity contribution is 5.73. The molecule has 2 atom stereocenters. The molecule has 1 aliphatic heterocycles. The molecule has 1 heterocycles. The van der Waals surface area contributed by atoms with Crippen LogP contribution < -0.4 is 0 Å². The smallest absolute Gasteiger partial charge is 0.307 e. The van der Waals surface area contributed by atoms with Crippen LogP contribution in [0.5, 0.6) is 0 Å². The van der Waals surface area contributed by atoms with Gasteiger partial charge in [0, 0.05) is 33.1 Å². The topological polar surface area (TPSA) is 60.9 Å². The maximum absolute atomic E-state index is 11.3. The van der Waals surface area contributed by atoms with Crippen molar-refractivity contribution >= 4 is 11.9 Å². The molecule has 98 valence electrons. The number of likely N-dealkylation sites (tertiary alicyclic amines) is 1. The van der Waals surface area contributed by atoms with Crippen molar-refractivity contribution in [3.63, 3.8) is 0 Å². The van der Waals surface area contributed by atoms with Gasteiger partial charge in [0.1, 0.15) is 0 Å². The second-order valence-electron chi connectivity index (χ2n) is 4.92. The molecule has 2 unspecified atom stereocenters. The zero-order valence-electron chi connectivity index (χ0n) is 10.8. The molecule has 0 spiro atoms. The summed E-state index contributed by atoms with van der Waals surface area (Å²) in [5.41, 5.74) is 0. The van der Waals surface area contributed by atoms with Crippen molar-refractivity contribution < 1.29 is 14.7 Å². The molecule has 1 aliphatic rings. The Labute approximate surface area is 102 Å². The summed E-state index contributed by atoms with van der Waals surface area (Å²) in [7, 11) is 1.82. The minimum Gasteiger partial charge on any atom is -0.481 e. The molecule has 0 bridgehead atoms. The molecule has 0 aromatic heterocycles. The largest absolute Gasteiger partial charge is 0.481 e. The highest BCUT2D eigenvalue weighted by Crippen LogP contribution is 2.16. The summed E-state index contributed by atoms with van der Waals surface area (Å²) in [6.07, 6.45) is 2.03. The minimum atomic E-state index is -0.757. The van der Waals surface area contributed by atoms with E-state index in [1.165, 1.54) is 0 Å². The number of carboxylic acids is 1. The standard InChI is InChI=1S/C12H22N2O3/c1-9(12(16)17)7-14-6-4-5-11(8-14)13(3)10(2)15/h9,11H,4-8H2,1-3H3,(H,16,17). The Kier molecular flexibility index (Phi) is 4.93. The Bertz CT molecular complexity index is 293. The van der Waals surface area contributed by atoms with Crippen LogP contribution >= 0.6 is 0 Å². The first kappa shape index (κ1) is 14.0. The van der Waals surface area contributed by atoms with E-state index in [4.69, 9.17) is 5.11 Å². The van der Waals surface area contributed by atoms with E-state index in [-0.39, 0.29) is 17.9 Å². The molecular weight excluding hydrogens is 220 g/mol. The maximum Gasteiger partial charge on any atom is 0.307 e. The summed E-state index contributed by atoms with van der Waals surface area (Å²) in [4.78, 5) is 26.0. The summed E-state index contributed by atoms with van der Waals surface area (Å²) in [6.45, 7) is 5.57. The number of carbonyl (C=O) groups is 2. The van der Waals surface area contributed by atoms with Gasteiger partial charge in [-0.1, -0.05) is 6.92 Å². The Morgan fingerprint density at radius 2 is 2.18 bits per heavy atom. The van der Waals surface area contributed by atoms with Gasteiger partial charge in [0.2, 0.25) is 5.91 Å². The summed E-state index contributed by atoms with van der Waals surface area (Å²) in [6, 6.07) is 0.224. The summed E-state index contributed by atoms with van der Waals surface area (Å²) in [5.74, 6) is -1.04. The Balaban J connectivity index is 2.49. The molecule has 0 aromatic rings. The number of nitrogens with zero attached hydrogens (tertiary/aromatic N) is 2. The number of amides is 1. The number of likely N-dealkylation sites (N-methyl/N-ethyl adjacent to an activating group) is 1. The Hall–Kier alpha value is -1.10. The Morgan fingerprint density at radius 1 is 1.53 bits per heavy atom. The second-order valence-corrected chi connectivity index (χ2v) is 4.92. The van der Waals surface area contributed by atoms with Crippen LogP contribution in [0, 0.1) is 5.92 Å². The molecule has 1 saturated heterocycles. The molecule has 0 radical (unpaired) electrons. The summed E-state index contributed by atoms with van der Waals surface area (Å²) >= 11 is 0. The zero-order chi connectivity index (χ0) is 13.0. The van der Waals surface area contributed by atoms with E-state index in [0.717, 1.165) is 25.9 Å². The number of hydrogen-bond acceptors (Lipinski definition) is 3. The van der Waals surface area contributed by atoms with Crippen LogP contribution in [-0.2, 0) is 9.59 Å². The van der Waals surface area contributed by atoms with Gasteiger partial charge in [-0.3, -0.25) is 9.59 Å². The lowest BCUT2D eigenvalue weighted by atomic mass is 10.0. The molecule has 1 rings (SSSR count). The monoisotopic (exact) mass is 242 g/mol. The molecule has 5 nitrogen and oxygen atoms in total. The van der Waals surface area contributed by atoms with Crippen LogP contribution in [-0.4, -0.2) is 59.5 Å². The van der Waals surface area contributed by atoms with Gasteiger partial charge in [0.25, 0.3) is 0 Å². The third kappa shape index (κ3) is 4.00. The first-order chi connectivity index (χ1) is 7.91. The second kappa shape index (κ2) is 6.00. The summed E-state index contributed by atoms with van der Waals surface area (Å²) in [5, 5.41) is 8.88. The molecule has 0 saturated carbocycles. The lowest BCUT2D eigenvalue weighted by Gasteiger charge is -2.37. The molecule has 1 fully saturated rings. The number of carboxylic acid groups (broad SMARTS) is 1. The van der Waals surface area contributed by atoms with Gasteiger partial charge < -0.3 is 14.9 Å². The average molecular weight is 242 g/mol. The van der Waals surface area contributed by atoms with E-state index in [1.54, 1.807) is 18.7 Å². The lowest BCUT2D eigenvalue weighted by molar-refractivity contribution is -0.142. The number of carbonyl (C=O) groups excluding carboxylic acids is 1. The average Bonchev–Trinajstić information content (AvgIpc) is 2.28. The number of piperidine rings is 1. The van der Waals surface area contributed by atoms with Crippen molar-refractivity contribution in [2.24, 2.45) is 5.92 Å². The van der Waals surface area contributed by atoms with E-state index in [0.29, 0.717) is 6.54 Å². The molecule has 1 amide bonds. The minimum absolute atomic E-state index is 0.0723. The first-order valence-corrected chi connectivity index (χ1v) is 6.10. The quantitative estimate of drug-likeness (QED) is 0.786. The van der Waals surface area contributed by atoms with Crippen LogP contribution in [0.15, 0.2) is 0 Å². The predicted molar refractivity (Wildman–Crippen MR) is 64.7 cm³/mol. The fraction of sp³-hybridized carbons (Fsp3) is 0.833. The van der Waals surface area contributed by atoms with E-state index in [2.05, 4.69) is 4.90 Å². The molecule has 5 heteroatoms. The summed E-state index contributed by atoms with van der Waals surface area (Å²) < 4.78 is 0. The van der Waals surface area contributed by atoms with E-state index in [1.807, 2.05) is 7.05 Å². The fourth-order valence-electron chi connectivity index (χ4n) is 2.24. The van der Waals surface area contributed by atoms with E-state index in [9.17, 15) is 9.59 Å². The van der Waals surface area contributed by atoms with Gasteiger partial charge in [-0.15, -0.1) is 0 Å². The van der Waals surface area contributed by atoms with Crippen molar-refractivity contribution in [3.8, 4) is 0 Å². The fourth-order valence-corrected chi connectivity index (χ4v) is 2.24. The number of hydrogen-bond donors (Lipinski definition) is 1. The van der Waals surface area contributed by atoms with Crippen molar-refractivity contribution in [3.05, 3.63) is 0 Å². The van der Waals surface area contributed by atoms with Gasteiger partial charge in [-0.05, 0) is 19.4 Å². The van der Waals surface area contributed by atoms with Gasteiger partial charge >= 0.3 is 5.97 Å². The third-order valence-corrected chi connectivity index (χ3v) is 3.48. The SMILES string of the molecule is CC(=O)N(C)C1CCCN(CC(C)C(=O)O)C1. The van der Waals surface area contributed by atoms with Crippen LogP contribution in [0.3, 0.4) is 0 Å². The highest BCUT2D eigenvalue weighted by atomic mass is 16.4. The van der Waals surface area contributed by atoms with Crippen LogP contribution in [0.25, 0.3) is 0 Å². The third-order valence-electron chi connectivity index (χ3n) is 3.48. The van der Waals surface area contributed by atoms with Crippen LogP contribution in [0.4, 0.5) is 0 Å². The van der Waals surface area contributed by atoms with Crippen molar-refractivity contribution in [2.45, 2.75) is 32.7 Å². The number of rotatable bonds is 4. The molecule has 1 N–H and O–H groups in total. The molecule has 17 heavy (non-hydrogen) atoms. The van der Waals surface area contributed by atoms with E-state index >= 15 is 0 Å². The van der Waals surface area contributed by atoms with Crippen molar-refractivity contribution in [2.75, 3.05) is 26.7 Å². The Morgan fingerprint density at radius 3 is 2.71 bits per heavy atom. The van der Waals surface area contributed by atoms with Gasteiger partial charge in [-0.25, -0.2) is 0 Å². The molecule has 0 aliphatic carbocycles. The predicted octanol–water partition coefficient (Wildman–Crippen LogP) is 0.650.